The first-order chi connectivity index (χ1) is 20.4. The Morgan fingerprint density at radius 2 is 1.58 bits per heavy atom. The van der Waals surface area contributed by atoms with Gasteiger partial charge < -0.3 is 30.2 Å². The lowest BCUT2D eigenvalue weighted by atomic mass is 10.1. The number of carbonyl (C=O) groups is 3. The summed E-state index contributed by atoms with van der Waals surface area (Å²) in [7, 11) is 1.73. The fraction of sp³-hybridized carbons (Fsp3) is 0.364. The molecular weight excluding hydrogens is 570 g/mol. The monoisotopic (exact) mass is 611 g/mol. The van der Waals surface area contributed by atoms with Gasteiger partial charge in [0.2, 0.25) is 0 Å². The summed E-state index contributed by atoms with van der Waals surface area (Å²) >= 11 is 0. The molecule has 2 amide bonds. The number of hydrogen-bond donors (Lipinski definition) is 2. The first-order valence-electron chi connectivity index (χ1n) is 14.4. The minimum Gasteiger partial charge on any atom is -0.493 e. The molecule has 232 valence electrons. The predicted octanol–water partition coefficient (Wildman–Crippen LogP) is 6.01. The van der Waals surface area contributed by atoms with Crippen LogP contribution in [0.5, 0.6) is 5.75 Å². The van der Waals surface area contributed by atoms with E-state index in [1.807, 2.05) is 30.3 Å². The highest BCUT2D eigenvalue weighted by Gasteiger charge is 2.17. The number of anilines is 2. The fourth-order valence-electron chi connectivity index (χ4n) is 4.27. The van der Waals surface area contributed by atoms with Crippen molar-refractivity contribution in [2.75, 3.05) is 43.6 Å². The van der Waals surface area contributed by atoms with Crippen LogP contribution in [0.4, 0.5) is 11.4 Å². The lowest BCUT2D eigenvalue weighted by molar-refractivity contribution is -0.143. The molecule has 0 aliphatic rings. The minimum atomic E-state index is -0.303. The molecule has 10 heteroatoms. The average Bonchev–Trinajstić information content (AvgIpc) is 3.01. The number of nitrogens with zero attached hydrogens (tertiary/aromatic N) is 1. The molecule has 0 aromatic heterocycles. The summed E-state index contributed by atoms with van der Waals surface area (Å²) in [5.41, 5.74) is 8.66. The van der Waals surface area contributed by atoms with Gasteiger partial charge in [-0.25, -0.2) is 0 Å². The second-order valence-corrected chi connectivity index (χ2v) is 9.68. The Labute approximate surface area is 260 Å². The molecule has 9 nitrogen and oxygen atoms in total. The van der Waals surface area contributed by atoms with Crippen molar-refractivity contribution in [3.8, 4) is 5.75 Å². The van der Waals surface area contributed by atoms with E-state index < -0.39 is 0 Å². The third-order valence-corrected chi connectivity index (χ3v) is 6.52. The smallest absolute Gasteiger partial charge is 0.305 e. The highest BCUT2D eigenvalue weighted by molar-refractivity contribution is 6.08. The minimum absolute atomic E-state index is 0. The molecule has 3 N–H and O–H groups in total. The molecule has 0 spiro atoms. The summed E-state index contributed by atoms with van der Waals surface area (Å²) in [5.74, 6) is -0.154. The van der Waals surface area contributed by atoms with Gasteiger partial charge in [-0.1, -0.05) is 36.8 Å². The first-order valence-corrected chi connectivity index (χ1v) is 14.4. The van der Waals surface area contributed by atoms with Crippen LogP contribution in [0.3, 0.4) is 0 Å². The van der Waals surface area contributed by atoms with E-state index in [1.54, 1.807) is 61.3 Å². The molecule has 0 saturated heterocycles. The van der Waals surface area contributed by atoms with Crippen molar-refractivity contribution in [3.63, 3.8) is 0 Å². The van der Waals surface area contributed by atoms with Crippen LogP contribution in [0.15, 0.2) is 72.8 Å². The molecule has 0 aliphatic carbocycles. The molecule has 0 fully saturated rings. The van der Waals surface area contributed by atoms with Gasteiger partial charge in [-0.2, -0.15) is 0 Å². The van der Waals surface area contributed by atoms with Crippen LogP contribution < -0.4 is 20.7 Å². The number of amides is 2. The third kappa shape index (κ3) is 11.4. The van der Waals surface area contributed by atoms with Gasteiger partial charge in [-0.15, -0.1) is 12.4 Å². The van der Waals surface area contributed by atoms with Crippen LogP contribution in [-0.2, 0) is 20.9 Å². The van der Waals surface area contributed by atoms with Crippen LogP contribution in [-0.4, -0.2) is 51.2 Å². The van der Waals surface area contributed by atoms with Gasteiger partial charge in [0.05, 0.1) is 25.4 Å². The van der Waals surface area contributed by atoms with Crippen molar-refractivity contribution in [3.05, 3.63) is 89.5 Å². The third-order valence-electron chi connectivity index (χ3n) is 6.52. The summed E-state index contributed by atoms with van der Waals surface area (Å²) in [4.78, 5) is 39.2. The normalized spacial score (nSPS) is 10.4. The lowest BCUT2D eigenvalue weighted by Gasteiger charge is -2.21. The SMILES string of the molecule is CCOC(=O)CCCCCOCc1ccccc1N(C)C(=O)c1ccc(NC(=O)c2ccccc2OCCCN)cc1.Cl. The van der Waals surface area contributed by atoms with Crippen molar-refractivity contribution in [2.24, 2.45) is 5.73 Å². The molecular formula is C33H42ClN3O6. The summed E-state index contributed by atoms with van der Waals surface area (Å²) in [6, 6.07) is 21.4. The molecule has 0 radical (unpaired) electrons. The number of halogens is 1. The van der Waals surface area contributed by atoms with Crippen LogP contribution >= 0.6 is 12.4 Å². The van der Waals surface area contributed by atoms with E-state index in [0.29, 0.717) is 68.4 Å². The topological polar surface area (TPSA) is 120 Å². The molecule has 43 heavy (non-hydrogen) atoms. The Bertz CT molecular complexity index is 1300. The Balaban J connectivity index is 0.00000645. The zero-order valence-electron chi connectivity index (χ0n) is 24.9. The Kier molecular flexibility index (Phi) is 15.8. The number of hydrogen-bond acceptors (Lipinski definition) is 7. The molecule has 0 aliphatic heterocycles. The summed E-state index contributed by atoms with van der Waals surface area (Å²) < 4.78 is 16.5. The fourth-order valence-corrected chi connectivity index (χ4v) is 4.27. The largest absolute Gasteiger partial charge is 0.493 e. The van der Waals surface area contributed by atoms with Gasteiger partial charge in [0.1, 0.15) is 5.75 Å². The molecule has 0 heterocycles. The zero-order valence-corrected chi connectivity index (χ0v) is 25.7. The quantitative estimate of drug-likeness (QED) is 0.142. The highest BCUT2D eigenvalue weighted by Crippen LogP contribution is 2.24. The number of esters is 1. The van der Waals surface area contributed by atoms with Crippen molar-refractivity contribution in [1.29, 1.82) is 0 Å². The number of para-hydroxylation sites is 2. The van der Waals surface area contributed by atoms with Gasteiger partial charge in [-0.3, -0.25) is 14.4 Å². The second-order valence-electron chi connectivity index (χ2n) is 9.68. The van der Waals surface area contributed by atoms with E-state index in [0.717, 1.165) is 30.5 Å². The van der Waals surface area contributed by atoms with E-state index in [1.165, 1.54) is 0 Å². The molecule has 3 rings (SSSR count). The summed E-state index contributed by atoms with van der Waals surface area (Å²) in [6.07, 6.45) is 3.61. The van der Waals surface area contributed by atoms with Gasteiger partial charge in [0, 0.05) is 42.6 Å². The maximum absolute atomic E-state index is 13.3. The molecule has 0 bridgehead atoms. The van der Waals surface area contributed by atoms with Gasteiger partial charge in [-0.05, 0) is 75.2 Å². The highest BCUT2D eigenvalue weighted by atomic mass is 35.5. The Morgan fingerprint density at radius 3 is 2.33 bits per heavy atom. The average molecular weight is 612 g/mol. The Morgan fingerprint density at radius 1 is 0.860 bits per heavy atom. The van der Waals surface area contributed by atoms with Gasteiger partial charge in [0.15, 0.2) is 0 Å². The number of benzene rings is 3. The van der Waals surface area contributed by atoms with Crippen LogP contribution in [0.1, 0.15) is 65.3 Å². The van der Waals surface area contributed by atoms with E-state index in [2.05, 4.69) is 5.32 Å². The molecule has 0 unspecified atom stereocenters. The van der Waals surface area contributed by atoms with Crippen LogP contribution in [0, 0.1) is 0 Å². The number of ether oxygens (including phenoxy) is 3. The zero-order chi connectivity index (χ0) is 30.2. The van der Waals surface area contributed by atoms with Gasteiger partial charge >= 0.3 is 5.97 Å². The number of unbranched alkanes of at least 4 members (excludes halogenated alkanes) is 2. The number of nitrogens with two attached hydrogens (primary N) is 1. The lowest BCUT2D eigenvalue weighted by Crippen LogP contribution is -2.27. The predicted molar refractivity (Wildman–Crippen MR) is 171 cm³/mol. The van der Waals surface area contributed by atoms with E-state index >= 15 is 0 Å². The van der Waals surface area contributed by atoms with E-state index in [-0.39, 0.29) is 30.2 Å². The number of rotatable bonds is 17. The molecule has 3 aromatic rings. The molecule has 0 saturated carbocycles. The van der Waals surface area contributed by atoms with Crippen molar-refractivity contribution < 1.29 is 28.6 Å². The molecule has 3 aromatic carbocycles. The van der Waals surface area contributed by atoms with Crippen molar-refractivity contribution in [1.82, 2.24) is 0 Å². The standard InChI is InChI=1S/C33H41N3O6.ClH/c1-3-41-31(37)16-5-4-10-22-40-24-26-12-6-8-14-29(26)36(2)33(39)25-17-19-27(20-18-25)35-32(38)28-13-7-9-15-30(28)42-23-11-21-34;/h6-9,12-15,17-20H,3-5,10-11,16,21-24,34H2,1-2H3,(H,35,38);1H. The summed E-state index contributed by atoms with van der Waals surface area (Å²) in [5, 5.41) is 2.87. The maximum Gasteiger partial charge on any atom is 0.305 e. The number of carbonyl (C=O) groups excluding carboxylic acids is 3. The van der Waals surface area contributed by atoms with Crippen molar-refractivity contribution in [2.45, 2.75) is 45.6 Å². The van der Waals surface area contributed by atoms with E-state index in [4.69, 9.17) is 19.9 Å². The number of nitrogens with one attached hydrogen (secondary N) is 1. The van der Waals surface area contributed by atoms with E-state index in [9.17, 15) is 14.4 Å². The van der Waals surface area contributed by atoms with Crippen molar-refractivity contribution >= 4 is 41.6 Å². The summed E-state index contributed by atoms with van der Waals surface area (Å²) in [6.45, 7) is 4.08. The van der Waals surface area contributed by atoms with Crippen LogP contribution in [0.2, 0.25) is 0 Å². The Hall–Kier alpha value is -3.92. The van der Waals surface area contributed by atoms with Gasteiger partial charge in [0.25, 0.3) is 11.8 Å². The molecule has 0 atom stereocenters. The second kappa shape index (κ2) is 19.3. The van der Waals surface area contributed by atoms with Crippen LogP contribution in [0.25, 0.3) is 0 Å². The maximum atomic E-state index is 13.3. The first kappa shape index (κ1) is 35.3.